The molecule has 1 aromatic heterocycles. The molecule has 1 atom stereocenters. The first kappa shape index (κ1) is 19.1. The molecule has 7 heteroatoms. The SMILES string of the molecule is C[C@H](NC(=O)COC(=O)/C=C/c1nc2ccccc2s1)c1cccc(Cl)c1. The Bertz CT molecular complexity index is 967. The molecule has 1 amide bonds. The second kappa shape index (κ2) is 8.79. The zero-order chi connectivity index (χ0) is 19.2. The van der Waals surface area contributed by atoms with Crippen LogP contribution in [0.3, 0.4) is 0 Å². The highest BCUT2D eigenvalue weighted by atomic mass is 35.5. The van der Waals surface area contributed by atoms with Crippen molar-refractivity contribution in [3.63, 3.8) is 0 Å². The van der Waals surface area contributed by atoms with Gasteiger partial charge in [0, 0.05) is 11.1 Å². The van der Waals surface area contributed by atoms with Gasteiger partial charge in [0.1, 0.15) is 5.01 Å². The van der Waals surface area contributed by atoms with Gasteiger partial charge in [-0.05, 0) is 42.8 Å². The summed E-state index contributed by atoms with van der Waals surface area (Å²) in [6, 6.07) is 14.7. The van der Waals surface area contributed by atoms with Gasteiger partial charge in [-0.25, -0.2) is 9.78 Å². The van der Waals surface area contributed by atoms with E-state index < -0.39 is 5.97 Å². The molecule has 0 saturated carbocycles. The first-order valence-electron chi connectivity index (χ1n) is 8.26. The van der Waals surface area contributed by atoms with Gasteiger partial charge in [0.2, 0.25) is 0 Å². The maximum absolute atomic E-state index is 12.0. The summed E-state index contributed by atoms with van der Waals surface area (Å²) in [6.07, 6.45) is 2.85. The molecular weight excluding hydrogens is 384 g/mol. The number of hydrogen-bond donors (Lipinski definition) is 1. The third-order valence-corrected chi connectivity index (χ3v) is 4.98. The van der Waals surface area contributed by atoms with Gasteiger partial charge in [-0.2, -0.15) is 0 Å². The zero-order valence-corrected chi connectivity index (χ0v) is 16.1. The van der Waals surface area contributed by atoms with Gasteiger partial charge in [0.05, 0.1) is 16.3 Å². The van der Waals surface area contributed by atoms with Crippen LogP contribution < -0.4 is 5.32 Å². The minimum absolute atomic E-state index is 0.242. The summed E-state index contributed by atoms with van der Waals surface area (Å²) in [5.74, 6) is -0.982. The maximum Gasteiger partial charge on any atom is 0.331 e. The molecule has 1 N–H and O–H groups in total. The van der Waals surface area contributed by atoms with Crippen molar-refractivity contribution in [3.8, 4) is 0 Å². The Morgan fingerprint density at radius 1 is 1.26 bits per heavy atom. The Labute approximate surface area is 165 Å². The number of carbonyl (C=O) groups is 2. The normalized spacial score (nSPS) is 12.2. The Morgan fingerprint density at radius 3 is 2.85 bits per heavy atom. The highest BCUT2D eigenvalue weighted by Crippen LogP contribution is 2.22. The predicted molar refractivity (Wildman–Crippen MR) is 108 cm³/mol. The monoisotopic (exact) mass is 400 g/mol. The lowest BCUT2D eigenvalue weighted by Gasteiger charge is -2.14. The third-order valence-electron chi connectivity index (χ3n) is 3.74. The van der Waals surface area contributed by atoms with Crippen molar-refractivity contribution < 1.29 is 14.3 Å². The van der Waals surface area contributed by atoms with Crippen LogP contribution in [-0.2, 0) is 14.3 Å². The first-order chi connectivity index (χ1) is 13.0. The number of rotatable bonds is 6. The van der Waals surface area contributed by atoms with Crippen LogP contribution in [0.25, 0.3) is 16.3 Å². The van der Waals surface area contributed by atoms with E-state index in [4.69, 9.17) is 16.3 Å². The Morgan fingerprint density at radius 2 is 2.07 bits per heavy atom. The molecule has 27 heavy (non-hydrogen) atoms. The van der Waals surface area contributed by atoms with Gasteiger partial charge >= 0.3 is 5.97 Å². The van der Waals surface area contributed by atoms with Gasteiger partial charge < -0.3 is 10.1 Å². The fraction of sp³-hybridized carbons (Fsp3) is 0.150. The van der Waals surface area contributed by atoms with Crippen LogP contribution in [-0.4, -0.2) is 23.5 Å². The minimum Gasteiger partial charge on any atom is -0.452 e. The fourth-order valence-electron chi connectivity index (χ4n) is 2.43. The number of hydrogen-bond acceptors (Lipinski definition) is 5. The van der Waals surface area contributed by atoms with Crippen molar-refractivity contribution in [2.75, 3.05) is 6.61 Å². The van der Waals surface area contributed by atoms with Crippen molar-refractivity contribution in [2.45, 2.75) is 13.0 Å². The molecule has 0 aliphatic rings. The van der Waals surface area contributed by atoms with Crippen molar-refractivity contribution in [1.29, 1.82) is 0 Å². The van der Waals surface area contributed by atoms with Crippen molar-refractivity contribution in [3.05, 3.63) is 70.2 Å². The van der Waals surface area contributed by atoms with Crippen LogP contribution in [0, 0.1) is 0 Å². The summed E-state index contributed by atoms with van der Waals surface area (Å²) in [7, 11) is 0. The predicted octanol–water partition coefficient (Wildman–Crippen LogP) is 4.38. The number of nitrogens with zero attached hydrogens (tertiary/aromatic N) is 1. The summed E-state index contributed by atoms with van der Waals surface area (Å²) < 4.78 is 6.01. The van der Waals surface area contributed by atoms with E-state index >= 15 is 0 Å². The van der Waals surface area contributed by atoms with E-state index in [0.717, 1.165) is 15.8 Å². The molecule has 0 bridgehead atoms. The van der Waals surface area contributed by atoms with Crippen molar-refractivity contribution in [1.82, 2.24) is 10.3 Å². The topological polar surface area (TPSA) is 68.3 Å². The maximum atomic E-state index is 12.0. The highest BCUT2D eigenvalue weighted by Gasteiger charge is 2.11. The molecule has 5 nitrogen and oxygen atoms in total. The van der Waals surface area contributed by atoms with E-state index in [1.807, 2.05) is 43.3 Å². The summed E-state index contributed by atoms with van der Waals surface area (Å²) in [6.45, 7) is 1.48. The molecule has 0 aliphatic heterocycles. The first-order valence-corrected chi connectivity index (χ1v) is 9.46. The largest absolute Gasteiger partial charge is 0.452 e. The molecule has 0 saturated heterocycles. The number of halogens is 1. The lowest BCUT2D eigenvalue weighted by atomic mass is 10.1. The second-order valence-electron chi connectivity index (χ2n) is 5.81. The second-order valence-corrected chi connectivity index (χ2v) is 7.30. The smallest absolute Gasteiger partial charge is 0.331 e. The molecule has 0 fully saturated rings. The average molecular weight is 401 g/mol. The number of ether oxygens (including phenoxy) is 1. The van der Waals surface area contributed by atoms with E-state index in [1.165, 1.54) is 17.4 Å². The number of amides is 1. The lowest BCUT2D eigenvalue weighted by Crippen LogP contribution is -2.30. The number of benzene rings is 2. The molecule has 1 heterocycles. The number of aromatic nitrogens is 1. The van der Waals surface area contributed by atoms with Crippen molar-refractivity contribution >= 4 is 51.1 Å². The molecule has 0 unspecified atom stereocenters. The number of para-hydroxylation sites is 1. The van der Waals surface area contributed by atoms with E-state index in [0.29, 0.717) is 10.0 Å². The summed E-state index contributed by atoms with van der Waals surface area (Å²) in [5, 5.41) is 4.06. The minimum atomic E-state index is -0.597. The standard InChI is InChI=1S/C20H17ClN2O3S/c1-13(14-5-4-6-15(21)11-14)22-18(24)12-26-20(25)10-9-19-23-16-7-2-3-8-17(16)27-19/h2-11,13H,12H2,1H3,(H,22,24)/b10-9+/t13-/m0/s1. The summed E-state index contributed by atoms with van der Waals surface area (Å²) in [4.78, 5) is 28.2. The van der Waals surface area contributed by atoms with Gasteiger partial charge in [0.25, 0.3) is 5.91 Å². The number of carbonyl (C=O) groups excluding carboxylic acids is 2. The van der Waals surface area contributed by atoms with Crippen molar-refractivity contribution in [2.24, 2.45) is 0 Å². The van der Waals surface area contributed by atoms with E-state index in [-0.39, 0.29) is 18.6 Å². The van der Waals surface area contributed by atoms with Gasteiger partial charge in [-0.3, -0.25) is 4.79 Å². The van der Waals surface area contributed by atoms with E-state index in [2.05, 4.69) is 10.3 Å². The molecule has 3 rings (SSSR count). The van der Waals surface area contributed by atoms with Gasteiger partial charge in [0.15, 0.2) is 6.61 Å². The van der Waals surface area contributed by atoms with Gasteiger partial charge in [-0.15, -0.1) is 11.3 Å². The fourth-order valence-corrected chi connectivity index (χ4v) is 3.50. The number of fused-ring (bicyclic) bond motifs is 1. The molecule has 0 aliphatic carbocycles. The Balaban J connectivity index is 1.48. The molecule has 3 aromatic rings. The highest BCUT2D eigenvalue weighted by molar-refractivity contribution is 7.19. The van der Waals surface area contributed by atoms with Crippen LogP contribution in [0.4, 0.5) is 0 Å². The number of esters is 1. The van der Waals surface area contributed by atoms with E-state index in [9.17, 15) is 9.59 Å². The zero-order valence-electron chi connectivity index (χ0n) is 14.5. The van der Waals surface area contributed by atoms with Gasteiger partial charge in [-0.1, -0.05) is 35.9 Å². The summed E-state index contributed by atoms with van der Waals surface area (Å²) >= 11 is 7.42. The lowest BCUT2D eigenvalue weighted by molar-refractivity contribution is -0.144. The van der Waals surface area contributed by atoms with Crippen LogP contribution in [0.5, 0.6) is 0 Å². The Hall–Kier alpha value is -2.70. The van der Waals surface area contributed by atoms with Crippen LogP contribution in [0.15, 0.2) is 54.6 Å². The molecule has 138 valence electrons. The average Bonchev–Trinajstić information content (AvgIpc) is 3.07. The molecule has 0 radical (unpaired) electrons. The van der Waals surface area contributed by atoms with Crippen LogP contribution >= 0.6 is 22.9 Å². The Kier molecular flexibility index (Phi) is 6.21. The quantitative estimate of drug-likeness (QED) is 0.492. The number of nitrogens with one attached hydrogen (secondary N) is 1. The third kappa shape index (κ3) is 5.39. The molecule has 2 aromatic carbocycles. The van der Waals surface area contributed by atoms with E-state index in [1.54, 1.807) is 18.2 Å². The molecular formula is C20H17ClN2O3S. The number of thiazole rings is 1. The van der Waals surface area contributed by atoms with Crippen LogP contribution in [0.1, 0.15) is 23.5 Å². The summed E-state index contributed by atoms with van der Waals surface area (Å²) in [5.41, 5.74) is 1.75. The van der Waals surface area contributed by atoms with Crippen LogP contribution in [0.2, 0.25) is 5.02 Å². The molecule has 0 spiro atoms.